The number of rotatable bonds is 2. The molecule has 8 nitrogen and oxygen atoms in total. The van der Waals surface area contributed by atoms with Gasteiger partial charge in [-0.25, -0.2) is 9.59 Å². The Morgan fingerprint density at radius 1 is 1.13 bits per heavy atom. The minimum absolute atomic E-state index is 0.0739. The highest BCUT2D eigenvalue weighted by molar-refractivity contribution is 5.90. The summed E-state index contributed by atoms with van der Waals surface area (Å²) in [6.45, 7) is 9.26. The Hall–Kier alpha value is -2.77. The zero-order valence-electron chi connectivity index (χ0n) is 19.0. The van der Waals surface area contributed by atoms with Crippen molar-refractivity contribution in [3.8, 4) is 5.75 Å². The van der Waals surface area contributed by atoms with Crippen LogP contribution in [-0.4, -0.2) is 66.2 Å². The van der Waals surface area contributed by atoms with Crippen LogP contribution in [0.3, 0.4) is 0 Å². The standard InChI is InChI=1S/C23H32N2O6/c1-15-14-30-19-12-17(21(27)29-5)6-7-18(19)13-25(15)20(26)16-8-10-24(11-9-16)22(28)31-23(2,3)4/h6-7,12,15-16H,8-11,13-14H2,1-5H3/t15-/m0/s1. The quantitative estimate of drug-likeness (QED) is 0.667. The number of carbonyl (C=O) groups excluding carboxylic acids is 3. The molecule has 1 aromatic rings. The van der Waals surface area contributed by atoms with E-state index in [2.05, 4.69) is 0 Å². The lowest BCUT2D eigenvalue weighted by atomic mass is 9.94. The molecule has 2 aliphatic heterocycles. The van der Waals surface area contributed by atoms with Crippen LogP contribution in [0.5, 0.6) is 5.75 Å². The van der Waals surface area contributed by atoms with Crippen molar-refractivity contribution in [1.29, 1.82) is 0 Å². The minimum Gasteiger partial charge on any atom is -0.491 e. The van der Waals surface area contributed by atoms with Crippen molar-refractivity contribution >= 4 is 18.0 Å². The highest BCUT2D eigenvalue weighted by atomic mass is 16.6. The molecule has 0 saturated carbocycles. The molecule has 2 heterocycles. The van der Waals surface area contributed by atoms with Crippen LogP contribution in [-0.2, 0) is 20.8 Å². The second-order valence-corrected chi connectivity index (χ2v) is 9.18. The molecule has 170 valence electrons. The molecule has 0 radical (unpaired) electrons. The third-order valence-corrected chi connectivity index (χ3v) is 5.62. The SMILES string of the molecule is COC(=O)c1ccc2c(c1)OC[C@H](C)N(C(=O)C1CCN(C(=O)OC(C)(C)C)CC1)C2. The lowest BCUT2D eigenvalue weighted by Gasteiger charge is -2.36. The van der Waals surface area contributed by atoms with Crippen LogP contribution in [0.4, 0.5) is 4.79 Å². The Labute approximate surface area is 183 Å². The van der Waals surface area contributed by atoms with E-state index in [1.807, 2.05) is 38.7 Å². The maximum atomic E-state index is 13.3. The van der Waals surface area contributed by atoms with Gasteiger partial charge in [-0.3, -0.25) is 4.79 Å². The van der Waals surface area contributed by atoms with Gasteiger partial charge in [0.05, 0.1) is 18.7 Å². The lowest BCUT2D eigenvalue weighted by molar-refractivity contribution is -0.140. The first-order chi connectivity index (χ1) is 14.6. The third kappa shape index (κ3) is 5.48. The van der Waals surface area contributed by atoms with Gasteiger partial charge >= 0.3 is 12.1 Å². The van der Waals surface area contributed by atoms with Gasteiger partial charge in [-0.15, -0.1) is 0 Å². The fourth-order valence-electron chi connectivity index (χ4n) is 3.87. The number of amides is 2. The van der Waals surface area contributed by atoms with Crippen molar-refractivity contribution in [3.63, 3.8) is 0 Å². The van der Waals surface area contributed by atoms with E-state index in [0.29, 0.717) is 50.4 Å². The Morgan fingerprint density at radius 3 is 2.42 bits per heavy atom. The van der Waals surface area contributed by atoms with Crippen molar-refractivity contribution < 1.29 is 28.6 Å². The molecule has 0 N–H and O–H groups in total. The number of ether oxygens (including phenoxy) is 3. The Morgan fingerprint density at radius 2 is 1.81 bits per heavy atom. The predicted molar refractivity (Wildman–Crippen MR) is 114 cm³/mol. The van der Waals surface area contributed by atoms with Gasteiger partial charge in [-0.05, 0) is 52.7 Å². The fraction of sp³-hybridized carbons (Fsp3) is 0.609. The van der Waals surface area contributed by atoms with Gasteiger partial charge < -0.3 is 24.0 Å². The average Bonchev–Trinajstić information content (AvgIpc) is 2.90. The van der Waals surface area contributed by atoms with Crippen molar-refractivity contribution in [3.05, 3.63) is 29.3 Å². The van der Waals surface area contributed by atoms with Crippen molar-refractivity contribution in [2.75, 3.05) is 26.8 Å². The van der Waals surface area contributed by atoms with Crippen LogP contribution >= 0.6 is 0 Å². The van der Waals surface area contributed by atoms with Crippen LogP contribution in [0, 0.1) is 5.92 Å². The fourth-order valence-corrected chi connectivity index (χ4v) is 3.87. The summed E-state index contributed by atoms with van der Waals surface area (Å²) in [5, 5.41) is 0. The number of nitrogens with zero attached hydrogens (tertiary/aromatic N) is 2. The smallest absolute Gasteiger partial charge is 0.410 e. The van der Waals surface area contributed by atoms with Crippen molar-refractivity contribution in [2.24, 2.45) is 5.92 Å². The summed E-state index contributed by atoms with van der Waals surface area (Å²) in [5.41, 5.74) is 0.742. The van der Waals surface area contributed by atoms with E-state index >= 15 is 0 Å². The van der Waals surface area contributed by atoms with E-state index in [9.17, 15) is 14.4 Å². The Balaban J connectivity index is 1.65. The summed E-state index contributed by atoms with van der Waals surface area (Å²) >= 11 is 0. The number of likely N-dealkylation sites (tertiary alicyclic amines) is 1. The molecule has 31 heavy (non-hydrogen) atoms. The van der Waals surface area contributed by atoms with Crippen LogP contribution in [0.15, 0.2) is 18.2 Å². The number of methoxy groups -OCH3 is 1. The minimum atomic E-state index is -0.535. The summed E-state index contributed by atoms with van der Waals surface area (Å²) in [4.78, 5) is 40.9. The van der Waals surface area contributed by atoms with Gasteiger partial charge in [0.2, 0.25) is 5.91 Å². The zero-order chi connectivity index (χ0) is 22.8. The molecule has 1 atom stereocenters. The molecule has 3 rings (SSSR count). The number of carbonyl (C=O) groups is 3. The number of hydrogen-bond acceptors (Lipinski definition) is 6. The average molecular weight is 433 g/mol. The zero-order valence-corrected chi connectivity index (χ0v) is 19.0. The Bertz CT molecular complexity index is 839. The van der Waals surface area contributed by atoms with E-state index < -0.39 is 11.6 Å². The van der Waals surface area contributed by atoms with Crippen molar-refractivity contribution in [1.82, 2.24) is 9.80 Å². The van der Waals surface area contributed by atoms with Gasteiger partial charge in [0.15, 0.2) is 0 Å². The monoisotopic (exact) mass is 432 g/mol. The molecule has 1 saturated heterocycles. The molecule has 2 aliphatic rings. The summed E-state index contributed by atoms with van der Waals surface area (Å²) < 4.78 is 16.1. The molecular formula is C23H32N2O6. The van der Waals surface area contributed by atoms with Crippen molar-refractivity contribution in [2.45, 2.75) is 58.7 Å². The van der Waals surface area contributed by atoms with Crippen LogP contribution in [0.2, 0.25) is 0 Å². The van der Waals surface area contributed by atoms with E-state index in [0.717, 1.165) is 5.56 Å². The van der Waals surface area contributed by atoms with Gasteiger partial charge in [0, 0.05) is 31.1 Å². The number of fused-ring (bicyclic) bond motifs is 1. The molecule has 0 spiro atoms. The summed E-state index contributed by atoms with van der Waals surface area (Å²) in [7, 11) is 1.34. The number of piperidine rings is 1. The summed E-state index contributed by atoms with van der Waals surface area (Å²) in [6.07, 6.45) is 0.886. The van der Waals surface area contributed by atoms with Gasteiger partial charge in [-0.2, -0.15) is 0 Å². The topological polar surface area (TPSA) is 85.4 Å². The number of esters is 1. The second kappa shape index (κ2) is 9.16. The number of hydrogen-bond donors (Lipinski definition) is 0. The van der Waals surface area contributed by atoms with Gasteiger partial charge in [0.1, 0.15) is 18.0 Å². The van der Waals surface area contributed by atoms with Crippen LogP contribution in [0.1, 0.15) is 56.5 Å². The highest BCUT2D eigenvalue weighted by Gasteiger charge is 2.35. The molecule has 1 fully saturated rings. The normalized spacial score (nSPS) is 19.7. The molecule has 0 bridgehead atoms. The maximum Gasteiger partial charge on any atom is 0.410 e. The summed E-state index contributed by atoms with van der Waals surface area (Å²) in [5.74, 6) is 0.111. The van der Waals surface area contributed by atoms with E-state index in [1.54, 1.807) is 17.0 Å². The largest absolute Gasteiger partial charge is 0.491 e. The first kappa shape index (κ1) is 22.9. The molecule has 8 heteroatoms. The van der Waals surface area contributed by atoms with Crippen LogP contribution < -0.4 is 4.74 Å². The number of benzene rings is 1. The van der Waals surface area contributed by atoms with E-state index in [-0.39, 0.29) is 24.0 Å². The lowest BCUT2D eigenvalue weighted by Crippen LogP contribution is -2.48. The molecule has 0 aromatic heterocycles. The summed E-state index contributed by atoms with van der Waals surface area (Å²) in [6, 6.07) is 5.06. The van der Waals surface area contributed by atoms with E-state index in [1.165, 1.54) is 7.11 Å². The molecule has 2 amide bonds. The molecular weight excluding hydrogens is 400 g/mol. The third-order valence-electron chi connectivity index (χ3n) is 5.62. The Kier molecular flexibility index (Phi) is 6.77. The van der Waals surface area contributed by atoms with E-state index in [4.69, 9.17) is 14.2 Å². The van der Waals surface area contributed by atoms with Gasteiger partial charge in [-0.1, -0.05) is 6.07 Å². The highest BCUT2D eigenvalue weighted by Crippen LogP contribution is 2.29. The molecule has 0 aliphatic carbocycles. The first-order valence-electron chi connectivity index (χ1n) is 10.7. The molecule has 1 aromatic carbocycles. The second-order valence-electron chi connectivity index (χ2n) is 9.18. The maximum absolute atomic E-state index is 13.3. The van der Waals surface area contributed by atoms with Gasteiger partial charge in [0.25, 0.3) is 0 Å². The first-order valence-corrected chi connectivity index (χ1v) is 10.7. The predicted octanol–water partition coefficient (Wildman–Crippen LogP) is 3.23. The molecule has 0 unspecified atom stereocenters. The van der Waals surface area contributed by atoms with Crippen LogP contribution in [0.25, 0.3) is 0 Å².